The van der Waals surface area contributed by atoms with Crippen LogP contribution in [0.1, 0.15) is 23.1 Å². The van der Waals surface area contributed by atoms with Gasteiger partial charge in [0.15, 0.2) is 0 Å². The van der Waals surface area contributed by atoms with Crippen LogP contribution < -0.4 is 5.32 Å². The van der Waals surface area contributed by atoms with Crippen molar-refractivity contribution in [1.82, 2.24) is 5.32 Å². The van der Waals surface area contributed by atoms with Crippen molar-refractivity contribution < 1.29 is 4.79 Å². The topological polar surface area (TPSA) is 29.1 Å². The van der Waals surface area contributed by atoms with Crippen LogP contribution in [0, 0.1) is 13.8 Å². The van der Waals surface area contributed by atoms with Crippen LogP contribution in [-0.4, -0.2) is 18.2 Å². The summed E-state index contributed by atoms with van der Waals surface area (Å²) in [7, 11) is 0. The number of hydrogen-bond donors (Lipinski definition) is 1. The van der Waals surface area contributed by atoms with E-state index in [2.05, 4.69) is 61.6 Å². The van der Waals surface area contributed by atoms with Crippen LogP contribution >= 0.6 is 11.8 Å². The van der Waals surface area contributed by atoms with E-state index in [-0.39, 0.29) is 5.91 Å². The molecule has 0 fully saturated rings. The fourth-order valence-corrected chi connectivity index (χ4v) is 2.98. The maximum absolute atomic E-state index is 11.8. The third-order valence-corrected chi connectivity index (χ3v) is 4.45. The highest BCUT2D eigenvalue weighted by Crippen LogP contribution is 2.17. The summed E-state index contributed by atoms with van der Waals surface area (Å²) in [5.74, 6) is 1.03. The van der Waals surface area contributed by atoms with Gasteiger partial charge in [0.2, 0.25) is 5.91 Å². The first-order chi connectivity index (χ1) is 10.6. The van der Waals surface area contributed by atoms with E-state index in [4.69, 9.17) is 0 Å². The highest BCUT2D eigenvalue weighted by Gasteiger charge is 2.02. The molecule has 0 aliphatic rings. The highest BCUT2D eigenvalue weighted by molar-refractivity contribution is 7.99. The molecule has 0 aromatic heterocycles. The van der Waals surface area contributed by atoms with E-state index in [9.17, 15) is 4.79 Å². The molecule has 22 heavy (non-hydrogen) atoms. The summed E-state index contributed by atoms with van der Waals surface area (Å²) in [4.78, 5) is 13.1. The Morgan fingerprint density at radius 1 is 1.05 bits per heavy atom. The lowest BCUT2D eigenvalue weighted by molar-refractivity contribution is -0.120. The second kappa shape index (κ2) is 8.64. The summed E-state index contributed by atoms with van der Waals surface area (Å²) in [5, 5.41) is 2.99. The van der Waals surface area contributed by atoms with E-state index in [1.165, 1.54) is 21.6 Å². The summed E-state index contributed by atoms with van der Waals surface area (Å²) >= 11 is 1.77. The molecule has 2 aromatic rings. The van der Waals surface area contributed by atoms with Gasteiger partial charge in [-0.25, -0.2) is 0 Å². The number of rotatable bonds is 7. The summed E-state index contributed by atoms with van der Waals surface area (Å²) in [6.07, 6.45) is 1.36. The summed E-state index contributed by atoms with van der Waals surface area (Å²) in [6.45, 7) is 4.87. The van der Waals surface area contributed by atoms with E-state index in [1.54, 1.807) is 11.8 Å². The minimum absolute atomic E-state index is 0.131. The first-order valence-electron chi connectivity index (χ1n) is 7.65. The molecule has 2 nitrogen and oxygen atoms in total. The van der Waals surface area contributed by atoms with E-state index in [0.717, 1.165) is 12.2 Å². The minimum Gasteiger partial charge on any atom is -0.355 e. The van der Waals surface area contributed by atoms with Crippen molar-refractivity contribution in [2.24, 2.45) is 0 Å². The van der Waals surface area contributed by atoms with Gasteiger partial charge < -0.3 is 5.32 Å². The Balaban J connectivity index is 1.62. The third kappa shape index (κ3) is 5.94. The molecule has 3 heteroatoms. The molecule has 0 radical (unpaired) electrons. The van der Waals surface area contributed by atoms with Crippen molar-refractivity contribution in [2.45, 2.75) is 31.6 Å². The normalized spacial score (nSPS) is 10.5. The highest BCUT2D eigenvalue weighted by atomic mass is 32.2. The molecule has 0 bridgehead atoms. The van der Waals surface area contributed by atoms with Gasteiger partial charge in [-0.15, -0.1) is 11.8 Å². The minimum atomic E-state index is 0.131. The molecule has 2 rings (SSSR count). The molecular weight excluding hydrogens is 290 g/mol. The average Bonchev–Trinajstić information content (AvgIpc) is 2.51. The van der Waals surface area contributed by atoms with Crippen molar-refractivity contribution in [3.8, 4) is 0 Å². The second-order valence-electron chi connectivity index (χ2n) is 5.50. The molecule has 0 spiro atoms. The Bertz CT molecular complexity index is 607. The van der Waals surface area contributed by atoms with Crippen molar-refractivity contribution in [2.75, 3.05) is 12.3 Å². The molecule has 0 aliphatic heterocycles. The lowest BCUT2D eigenvalue weighted by atomic mass is 10.1. The van der Waals surface area contributed by atoms with E-state index in [0.29, 0.717) is 13.0 Å². The number of carbonyl (C=O) groups is 1. The monoisotopic (exact) mass is 313 g/mol. The van der Waals surface area contributed by atoms with Crippen LogP contribution in [0.3, 0.4) is 0 Å². The molecule has 0 heterocycles. The zero-order valence-electron chi connectivity index (χ0n) is 13.3. The van der Waals surface area contributed by atoms with Gasteiger partial charge in [-0.3, -0.25) is 4.79 Å². The number of benzene rings is 2. The summed E-state index contributed by atoms with van der Waals surface area (Å²) in [6, 6.07) is 16.8. The first-order valence-corrected chi connectivity index (χ1v) is 8.64. The average molecular weight is 313 g/mol. The van der Waals surface area contributed by atoms with Gasteiger partial charge in [0, 0.05) is 23.6 Å². The number of hydrogen-bond acceptors (Lipinski definition) is 2. The van der Waals surface area contributed by atoms with Gasteiger partial charge in [0.05, 0.1) is 0 Å². The number of nitrogens with one attached hydrogen (secondary N) is 1. The van der Waals surface area contributed by atoms with E-state index in [1.807, 2.05) is 6.07 Å². The Morgan fingerprint density at radius 3 is 2.55 bits per heavy atom. The van der Waals surface area contributed by atoms with Gasteiger partial charge in [-0.2, -0.15) is 0 Å². The maximum Gasteiger partial charge on any atom is 0.220 e. The lowest BCUT2D eigenvalue weighted by Gasteiger charge is -2.06. The third-order valence-electron chi connectivity index (χ3n) is 3.44. The molecule has 0 atom stereocenters. The predicted octanol–water partition coefficient (Wildman–Crippen LogP) is 4.14. The molecule has 116 valence electrons. The van der Waals surface area contributed by atoms with Crippen LogP contribution in [0.2, 0.25) is 0 Å². The van der Waals surface area contributed by atoms with Crippen LogP contribution in [0.25, 0.3) is 0 Å². The number of thioether (sulfide) groups is 1. The van der Waals surface area contributed by atoms with Crippen molar-refractivity contribution in [3.05, 3.63) is 65.2 Å². The van der Waals surface area contributed by atoms with Crippen LogP contribution in [0.4, 0.5) is 0 Å². The largest absolute Gasteiger partial charge is 0.355 e. The molecule has 0 saturated carbocycles. The first kappa shape index (κ1) is 16.6. The van der Waals surface area contributed by atoms with Crippen molar-refractivity contribution >= 4 is 17.7 Å². The van der Waals surface area contributed by atoms with Gasteiger partial charge in [-0.1, -0.05) is 47.5 Å². The molecule has 1 amide bonds. The Labute approximate surface area is 137 Å². The predicted molar refractivity (Wildman–Crippen MR) is 94.4 cm³/mol. The van der Waals surface area contributed by atoms with Crippen molar-refractivity contribution in [1.29, 1.82) is 0 Å². The Kier molecular flexibility index (Phi) is 6.53. The molecule has 0 aliphatic carbocycles. The quantitative estimate of drug-likeness (QED) is 0.615. The summed E-state index contributed by atoms with van der Waals surface area (Å²) < 4.78 is 0. The standard InChI is InChI=1S/C19H23NOS/c1-15-6-9-18(10-7-15)22-13-12-20-19(21)11-8-17-5-3-4-16(2)14-17/h3-7,9-10,14H,8,11-13H2,1-2H3,(H,20,21). The molecule has 0 unspecified atom stereocenters. The second-order valence-corrected chi connectivity index (χ2v) is 6.67. The number of amides is 1. The fraction of sp³-hybridized carbons (Fsp3) is 0.316. The van der Waals surface area contributed by atoms with Crippen molar-refractivity contribution in [3.63, 3.8) is 0 Å². The van der Waals surface area contributed by atoms with Crippen LogP contribution in [-0.2, 0) is 11.2 Å². The molecule has 0 saturated heterocycles. The number of carbonyl (C=O) groups excluding carboxylic acids is 1. The number of aryl methyl sites for hydroxylation is 3. The lowest BCUT2D eigenvalue weighted by Crippen LogP contribution is -2.25. The smallest absolute Gasteiger partial charge is 0.220 e. The Hall–Kier alpha value is -1.74. The van der Waals surface area contributed by atoms with Gasteiger partial charge in [0.25, 0.3) is 0 Å². The Morgan fingerprint density at radius 2 is 1.82 bits per heavy atom. The zero-order valence-corrected chi connectivity index (χ0v) is 14.1. The van der Waals surface area contributed by atoms with Crippen LogP contribution in [0.5, 0.6) is 0 Å². The van der Waals surface area contributed by atoms with Gasteiger partial charge in [0.1, 0.15) is 0 Å². The van der Waals surface area contributed by atoms with E-state index < -0.39 is 0 Å². The summed E-state index contributed by atoms with van der Waals surface area (Å²) in [5.41, 5.74) is 3.74. The van der Waals surface area contributed by atoms with Gasteiger partial charge >= 0.3 is 0 Å². The molecule has 2 aromatic carbocycles. The van der Waals surface area contributed by atoms with Crippen LogP contribution in [0.15, 0.2) is 53.4 Å². The molecule has 1 N–H and O–H groups in total. The maximum atomic E-state index is 11.8. The fourth-order valence-electron chi connectivity index (χ4n) is 2.21. The molecular formula is C19H23NOS. The SMILES string of the molecule is Cc1ccc(SCCNC(=O)CCc2cccc(C)c2)cc1. The van der Waals surface area contributed by atoms with E-state index >= 15 is 0 Å². The zero-order chi connectivity index (χ0) is 15.8. The van der Waals surface area contributed by atoms with Gasteiger partial charge in [-0.05, 0) is 38.0 Å².